The Bertz CT molecular complexity index is 558. The molecular formula is C12H10BrN3O2. The number of hydrogen-bond acceptors (Lipinski definition) is 4. The van der Waals surface area contributed by atoms with Crippen LogP contribution in [0.1, 0.15) is 6.92 Å². The molecule has 2 aromatic rings. The van der Waals surface area contributed by atoms with Gasteiger partial charge in [0.05, 0.1) is 10.2 Å². The van der Waals surface area contributed by atoms with Crippen molar-refractivity contribution in [3.8, 4) is 11.8 Å². The summed E-state index contributed by atoms with van der Waals surface area (Å²) in [6, 6.07) is 7.31. The second kappa shape index (κ2) is 5.59. The van der Waals surface area contributed by atoms with Crippen LogP contribution in [-0.2, 0) is 4.79 Å². The van der Waals surface area contributed by atoms with Gasteiger partial charge < -0.3 is 10.1 Å². The van der Waals surface area contributed by atoms with Gasteiger partial charge in [-0.25, -0.2) is 9.97 Å². The van der Waals surface area contributed by atoms with Gasteiger partial charge in [0.2, 0.25) is 5.91 Å². The highest BCUT2D eigenvalue weighted by Gasteiger charge is 2.07. The molecule has 0 aliphatic rings. The normalized spacial score (nSPS) is 9.89. The van der Waals surface area contributed by atoms with Gasteiger partial charge in [0.1, 0.15) is 0 Å². The number of para-hydroxylation sites is 2. The number of carbonyl (C=O) groups excluding carboxylic acids is 1. The Kier molecular flexibility index (Phi) is 3.88. The highest BCUT2D eigenvalue weighted by atomic mass is 79.9. The van der Waals surface area contributed by atoms with Gasteiger partial charge in [0.15, 0.2) is 5.75 Å². The number of nitrogens with one attached hydrogen (secondary N) is 1. The molecule has 0 unspecified atom stereocenters. The summed E-state index contributed by atoms with van der Waals surface area (Å²) >= 11 is 3.24. The molecule has 0 bridgehead atoms. The summed E-state index contributed by atoms with van der Waals surface area (Å²) in [7, 11) is 0. The van der Waals surface area contributed by atoms with E-state index >= 15 is 0 Å². The van der Waals surface area contributed by atoms with Gasteiger partial charge in [-0.1, -0.05) is 12.1 Å². The third-order valence-corrected chi connectivity index (χ3v) is 2.41. The number of ether oxygens (including phenoxy) is 1. The van der Waals surface area contributed by atoms with Gasteiger partial charge in [0.25, 0.3) is 0 Å². The Labute approximate surface area is 112 Å². The Morgan fingerprint density at radius 3 is 2.61 bits per heavy atom. The van der Waals surface area contributed by atoms with Gasteiger partial charge in [-0.2, -0.15) is 0 Å². The van der Waals surface area contributed by atoms with E-state index in [2.05, 4.69) is 31.2 Å². The van der Waals surface area contributed by atoms with Crippen molar-refractivity contribution >= 4 is 27.5 Å². The molecule has 0 spiro atoms. The van der Waals surface area contributed by atoms with Crippen LogP contribution in [0, 0.1) is 0 Å². The number of amides is 1. The van der Waals surface area contributed by atoms with E-state index in [9.17, 15) is 4.79 Å². The fourth-order valence-corrected chi connectivity index (χ4v) is 1.50. The average molecular weight is 308 g/mol. The summed E-state index contributed by atoms with van der Waals surface area (Å²) in [4.78, 5) is 19.1. The standard InChI is InChI=1S/C12H10BrN3O2/c1-8(17)16-10-4-2-3-5-11(10)18-12-14-6-9(13)7-15-12/h2-7H,1H3,(H,16,17). The molecule has 0 fully saturated rings. The zero-order chi connectivity index (χ0) is 13.0. The van der Waals surface area contributed by atoms with Crippen LogP contribution in [0.15, 0.2) is 41.1 Å². The number of carbonyl (C=O) groups is 1. The average Bonchev–Trinajstić information content (AvgIpc) is 2.34. The summed E-state index contributed by atoms with van der Waals surface area (Å²) in [5.41, 5.74) is 0.580. The monoisotopic (exact) mass is 307 g/mol. The van der Waals surface area contributed by atoms with Crippen molar-refractivity contribution < 1.29 is 9.53 Å². The van der Waals surface area contributed by atoms with Crippen molar-refractivity contribution in [2.45, 2.75) is 6.92 Å². The van der Waals surface area contributed by atoms with Crippen LogP contribution in [-0.4, -0.2) is 15.9 Å². The molecule has 0 aliphatic heterocycles. The molecule has 18 heavy (non-hydrogen) atoms. The number of rotatable bonds is 3. The minimum Gasteiger partial charge on any atom is -0.422 e. The molecule has 6 heteroatoms. The Hall–Kier alpha value is -1.95. The third-order valence-electron chi connectivity index (χ3n) is 2.00. The van der Waals surface area contributed by atoms with Crippen molar-refractivity contribution in [1.82, 2.24) is 9.97 Å². The van der Waals surface area contributed by atoms with Gasteiger partial charge in [0, 0.05) is 19.3 Å². The summed E-state index contributed by atoms with van der Waals surface area (Å²) < 4.78 is 6.28. The summed E-state index contributed by atoms with van der Waals surface area (Å²) in [5, 5.41) is 2.68. The summed E-state index contributed by atoms with van der Waals surface area (Å²) in [6.45, 7) is 1.44. The second-order valence-corrected chi connectivity index (χ2v) is 4.38. The van der Waals surface area contributed by atoms with E-state index in [1.54, 1.807) is 36.7 Å². The SMILES string of the molecule is CC(=O)Nc1ccccc1Oc1ncc(Br)cn1. The quantitative estimate of drug-likeness (QED) is 0.946. The lowest BCUT2D eigenvalue weighted by Crippen LogP contribution is -2.07. The number of halogens is 1. The van der Waals surface area contributed by atoms with Crippen LogP contribution in [0.5, 0.6) is 11.8 Å². The number of anilines is 1. The van der Waals surface area contributed by atoms with Crippen LogP contribution in [0.25, 0.3) is 0 Å². The minimum absolute atomic E-state index is 0.164. The molecule has 5 nitrogen and oxygen atoms in total. The van der Waals surface area contributed by atoms with Crippen molar-refractivity contribution in [1.29, 1.82) is 0 Å². The predicted octanol–water partition coefficient (Wildman–Crippen LogP) is 2.99. The van der Waals surface area contributed by atoms with Crippen LogP contribution < -0.4 is 10.1 Å². The summed E-state index contributed by atoms with van der Waals surface area (Å²) in [6.07, 6.45) is 3.17. The van der Waals surface area contributed by atoms with Gasteiger partial charge in [-0.05, 0) is 28.1 Å². The van der Waals surface area contributed by atoms with E-state index < -0.39 is 0 Å². The molecular weight excluding hydrogens is 298 g/mol. The topological polar surface area (TPSA) is 64.1 Å². The zero-order valence-electron chi connectivity index (χ0n) is 9.55. The fourth-order valence-electron chi connectivity index (χ4n) is 1.30. The van der Waals surface area contributed by atoms with E-state index in [4.69, 9.17) is 4.74 Å². The molecule has 0 saturated carbocycles. The van der Waals surface area contributed by atoms with Crippen molar-refractivity contribution in [2.24, 2.45) is 0 Å². The molecule has 0 saturated heterocycles. The lowest BCUT2D eigenvalue weighted by atomic mass is 10.3. The van der Waals surface area contributed by atoms with Crippen molar-refractivity contribution in [2.75, 3.05) is 5.32 Å². The summed E-state index contributed by atoms with van der Waals surface area (Å²) in [5.74, 6) is 0.331. The molecule has 1 amide bonds. The maximum atomic E-state index is 11.1. The van der Waals surface area contributed by atoms with E-state index in [1.807, 2.05) is 0 Å². The Morgan fingerprint density at radius 1 is 1.28 bits per heavy atom. The maximum Gasteiger partial charge on any atom is 0.322 e. The number of aromatic nitrogens is 2. The van der Waals surface area contributed by atoms with E-state index in [0.29, 0.717) is 11.4 Å². The highest BCUT2D eigenvalue weighted by molar-refractivity contribution is 9.10. The van der Waals surface area contributed by atoms with E-state index in [0.717, 1.165) is 4.47 Å². The molecule has 92 valence electrons. The lowest BCUT2D eigenvalue weighted by Gasteiger charge is -2.09. The van der Waals surface area contributed by atoms with E-state index in [1.165, 1.54) is 6.92 Å². The molecule has 2 rings (SSSR count). The first-order valence-corrected chi connectivity index (χ1v) is 5.96. The first-order valence-electron chi connectivity index (χ1n) is 5.17. The van der Waals surface area contributed by atoms with Crippen LogP contribution in [0.2, 0.25) is 0 Å². The first-order chi connectivity index (χ1) is 8.65. The largest absolute Gasteiger partial charge is 0.422 e. The van der Waals surface area contributed by atoms with Gasteiger partial charge in [-0.3, -0.25) is 4.79 Å². The van der Waals surface area contributed by atoms with Crippen LogP contribution in [0.4, 0.5) is 5.69 Å². The highest BCUT2D eigenvalue weighted by Crippen LogP contribution is 2.27. The third kappa shape index (κ3) is 3.27. The van der Waals surface area contributed by atoms with Gasteiger partial charge in [-0.15, -0.1) is 0 Å². The van der Waals surface area contributed by atoms with Crippen LogP contribution in [0.3, 0.4) is 0 Å². The predicted molar refractivity (Wildman–Crippen MR) is 70.6 cm³/mol. The molecule has 0 aliphatic carbocycles. The Balaban J connectivity index is 2.23. The van der Waals surface area contributed by atoms with E-state index in [-0.39, 0.29) is 11.9 Å². The number of nitrogens with zero attached hydrogens (tertiary/aromatic N) is 2. The molecule has 0 atom stereocenters. The zero-order valence-corrected chi connectivity index (χ0v) is 11.1. The molecule has 1 aromatic heterocycles. The first kappa shape index (κ1) is 12.5. The molecule has 1 N–H and O–H groups in total. The lowest BCUT2D eigenvalue weighted by molar-refractivity contribution is -0.114. The Morgan fingerprint density at radius 2 is 1.94 bits per heavy atom. The van der Waals surface area contributed by atoms with Crippen molar-refractivity contribution in [3.63, 3.8) is 0 Å². The smallest absolute Gasteiger partial charge is 0.322 e. The molecule has 1 aromatic carbocycles. The van der Waals surface area contributed by atoms with Gasteiger partial charge >= 0.3 is 6.01 Å². The number of hydrogen-bond donors (Lipinski definition) is 1. The van der Waals surface area contributed by atoms with Crippen molar-refractivity contribution in [3.05, 3.63) is 41.1 Å². The van der Waals surface area contributed by atoms with Crippen LogP contribution >= 0.6 is 15.9 Å². The molecule has 1 heterocycles. The minimum atomic E-state index is -0.164. The second-order valence-electron chi connectivity index (χ2n) is 3.46. The number of benzene rings is 1. The fraction of sp³-hybridized carbons (Fsp3) is 0.0833. The molecule has 0 radical (unpaired) electrons. The maximum absolute atomic E-state index is 11.1.